The number of sulfone groups is 1. The molecule has 1 unspecified atom stereocenters. The van der Waals surface area contributed by atoms with E-state index in [1.165, 1.54) is 0 Å². The van der Waals surface area contributed by atoms with Gasteiger partial charge in [-0.2, -0.15) is 0 Å². The summed E-state index contributed by atoms with van der Waals surface area (Å²) in [6.07, 6.45) is 1.73. The minimum Gasteiger partial charge on any atom is -0.493 e. The molecule has 0 aliphatic carbocycles. The molecule has 0 saturated heterocycles. The predicted molar refractivity (Wildman–Crippen MR) is 87.4 cm³/mol. The molecule has 0 amide bonds. The zero-order valence-corrected chi connectivity index (χ0v) is 14.2. The predicted octanol–water partition coefficient (Wildman–Crippen LogP) is 2.56. The Hall–Kier alpha value is -1.07. The van der Waals surface area contributed by atoms with E-state index in [9.17, 15) is 8.42 Å². The molecule has 0 spiro atoms. The molecule has 0 aliphatic rings. The first-order chi connectivity index (χ1) is 9.65. The van der Waals surface area contributed by atoms with Crippen molar-refractivity contribution in [3.05, 3.63) is 29.8 Å². The van der Waals surface area contributed by atoms with Gasteiger partial charge in [-0.3, -0.25) is 0 Å². The molecule has 1 rings (SSSR count). The molecule has 1 aromatic carbocycles. The van der Waals surface area contributed by atoms with Crippen LogP contribution in [0.3, 0.4) is 0 Å². The van der Waals surface area contributed by atoms with Gasteiger partial charge in [-0.15, -0.1) is 0 Å². The second-order valence-corrected chi connectivity index (χ2v) is 9.16. The fourth-order valence-corrected chi connectivity index (χ4v) is 2.70. The van der Waals surface area contributed by atoms with Gasteiger partial charge < -0.3 is 10.5 Å². The summed E-state index contributed by atoms with van der Waals surface area (Å²) in [5.74, 6) is 0.717. The van der Waals surface area contributed by atoms with Crippen molar-refractivity contribution in [3.63, 3.8) is 0 Å². The van der Waals surface area contributed by atoms with Gasteiger partial charge in [0.25, 0.3) is 0 Å². The van der Waals surface area contributed by atoms with E-state index in [0.717, 1.165) is 18.4 Å². The van der Waals surface area contributed by atoms with Gasteiger partial charge in [-0.1, -0.05) is 19.1 Å². The van der Waals surface area contributed by atoms with E-state index in [1.807, 2.05) is 24.3 Å². The van der Waals surface area contributed by atoms with E-state index in [-0.39, 0.29) is 18.4 Å². The molecule has 0 fully saturated rings. The van der Waals surface area contributed by atoms with Gasteiger partial charge in [-0.25, -0.2) is 8.42 Å². The van der Waals surface area contributed by atoms with E-state index in [4.69, 9.17) is 10.5 Å². The van der Waals surface area contributed by atoms with E-state index < -0.39 is 14.6 Å². The SMILES string of the molecule is CCC(N)Cc1cccc(OCCS(=O)(=O)C(C)(C)C)c1. The van der Waals surface area contributed by atoms with Crippen molar-refractivity contribution in [1.82, 2.24) is 0 Å². The third kappa shape index (κ3) is 5.67. The maximum absolute atomic E-state index is 12.0. The van der Waals surface area contributed by atoms with Gasteiger partial charge in [0.1, 0.15) is 12.4 Å². The molecule has 0 aromatic heterocycles. The molecule has 0 saturated carbocycles. The largest absolute Gasteiger partial charge is 0.493 e. The van der Waals surface area contributed by atoms with Gasteiger partial charge in [0.15, 0.2) is 9.84 Å². The zero-order valence-electron chi connectivity index (χ0n) is 13.4. The molecule has 120 valence electrons. The minimum absolute atomic E-state index is 0.0230. The highest BCUT2D eigenvalue weighted by atomic mass is 32.2. The van der Waals surface area contributed by atoms with Crippen LogP contribution in [0.5, 0.6) is 5.75 Å². The molecule has 2 N–H and O–H groups in total. The summed E-state index contributed by atoms with van der Waals surface area (Å²) < 4.78 is 28.8. The lowest BCUT2D eigenvalue weighted by Gasteiger charge is -2.19. The van der Waals surface area contributed by atoms with Crippen LogP contribution in [0.2, 0.25) is 0 Å². The number of hydrogen-bond acceptors (Lipinski definition) is 4. The van der Waals surface area contributed by atoms with Crippen LogP contribution < -0.4 is 10.5 Å². The van der Waals surface area contributed by atoms with Crippen LogP contribution in [-0.2, 0) is 16.3 Å². The molecule has 4 nitrogen and oxygen atoms in total. The van der Waals surface area contributed by atoms with Crippen molar-refractivity contribution in [2.45, 2.75) is 51.3 Å². The second-order valence-electron chi connectivity index (χ2n) is 6.30. The summed E-state index contributed by atoms with van der Waals surface area (Å²) in [5, 5.41) is 0. The lowest BCUT2D eigenvalue weighted by molar-refractivity contribution is 0.339. The topological polar surface area (TPSA) is 69.4 Å². The molecule has 0 heterocycles. The summed E-state index contributed by atoms with van der Waals surface area (Å²) in [7, 11) is -3.15. The summed E-state index contributed by atoms with van der Waals surface area (Å²) >= 11 is 0. The Kier molecular flexibility index (Phi) is 6.23. The van der Waals surface area contributed by atoms with Crippen LogP contribution in [-0.4, -0.2) is 31.6 Å². The summed E-state index contributed by atoms with van der Waals surface area (Å²) in [4.78, 5) is 0. The van der Waals surface area contributed by atoms with Gasteiger partial charge in [0.05, 0.1) is 10.5 Å². The summed E-state index contributed by atoms with van der Waals surface area (Å²) in [6.45, 7) is 7.34. The Morgan fingerprint density at radius 1 is 1.29 bits per heavy atom. The summed E-state index contributed by atoms with van der Waals surface area (Å²) in [5.41, 5.74) is 7.05. The lowest BCUT2D eigenvalue weighted by atomic mass is 10.0. The quantitative estimate of drug-likeness (QED) is 0.840. The normalized spacial score (nSPS) is 14.0. The van der Waals surface area contributed by atoms with Crippen LogP contribution in [0.4, 0.5) is 0 Å². The van der Waals surface area contributed by atoms with Gasteiger partial charge in [0.2, 0.25) is 0 Å². The van der Waals surface area contributed by atoms with Crippen molar-refractivity contribution in [2.75, 3.05) is 12.4 Å². The molecule has 1 atom stereocenters. The van der Waals surface area contributed by atoms with Crippen molar-refractivity contribution in [2.24, 2.45) is 5.73 Å². The number of nitrogens with two attached hydrogens (primary N) is 1. The van der Waals surface area contributed by atoms with Crippen molar-refractivity contribution in [3.8, 4) is 5.75 Å². The highest BCUT2D eigenvalue weighted by molar-refractivity contribution is 7.92. The average molecular weight is 313 g/mol. The molecule has 1 aromatic rings. The monoisotopic (exact) mass is 313 g/mol. The summed E-state index contributed by atoms with van der Waals surface area (Å²) in [6, 6.07) is 7.82. The van der Waals surface area contributed by atoms with Crippen LogP contribution in [0, 0.1) is 0 Å². The van der Waals surface area contributed by atoms with Crippen molar-refractivity contribution >= 4 is 9.84 Å². The van der Waals surface area contributed by atoms with Gasteiger partial charge in [-0.05, 0) is 51.3 Å². The molecule has 0 bridgehead atoms. The minimum atomic E-state index is -3.15. The maximum atomic E-state index is 12.0. The first kappa shape index (κ1) is 18.0. The zero-order chi connectivity index (χ0) is 16.1. The number of ether oxygens (including phenoxy) is 1. The van der Waals surface area contributed by atoms with E-state index in [1.54, 1.807) is 20.8 Å². The van der Waals surface area contributed by atoms with Gasteiger partial charge in [0, 0.05) is 6.04 Å². The lowest BCUT2D eigenvalue weighted by Crippen LogP contribution is -2.32. The third-order valence-corrected chi connectivity index (χ3v) is 6.04. The highest BCUT2D eigenvalue weighted by Crippen LogP contribution is 2.18. The number of hydrogen-bond donors (Lipinski definition) is 1. The van der Waals surface area contributed by atoms with Crippen LogP contribution in [0.25, 0.3) is 0 Å². The molecule has 5 heteroatoms. The van der Waals surface area contributed by atoms with Crippen LogP contribution in [0.15, 0.2) is 24.3 Å². The van der Waals surface area contributed by atoms with Gasteiger partial charge >= 0.3 is 0 Å². The molecular weight excluding hydrogens is 286 g/mol. The Balaban J connectivity index is 2.59. The second kappa shape index (κ2) is 7.27. The highest BCUT2D eigenvalue weighted by Gasteiger charge is 2.28. The average Bonchev–Trinajstić information content (AvgIpc) is 2.37. The standard InChI is InChI=1S/C16H27NO3S/c1-5-14(17)11-13-7-6-8-15(12-13)20-9-10-21(18,19)16(2,3)4/h6-8,12,14H,5,9-11,17H2,1-4H3. The molecule has 0 radical (unpaired) electrons. The van der Waals surface area contributed by atoms with E-state index in [0.29, 0.717) is 5.75 Å². The smallest absolute Gasteiger partial charge is 0.158 e. The fraction of sp³-hybridized carbons (Fsp3) is 0.625. The van der Waals surface area contributed by atoms with Crippen molar-refractivity contribution < 1.29 is 13.2 Å². The van der Waals surface area contributed by atoms with E-state index >= 15 is 0 Å². The Labute approximate surface area is 128 Å². The maximum Gasteiger partial charge on any atom is 0.158 e. The first-order valence-electron chi connectivity index (χ1n) is 7.35. The Bertz CT molecular complexity index is 547. The fourth-order valence-electron chi connectivity index (χ4n) is 1.78. The van der Waals surface area contributed by atoms with Crippen LogP contribution >= 0.6 is 0 Å². The van der Waals surface area contributed by atoms with Crippen LogP contribution in [0.1, 0.15) is 39.7 Å². The van der Waals surface area contributed by atoms with Crippen molar-refractivity contribution in [1.29, 1.82) is 0 Å². The van der Waals surface area contributed by atoms with E-state index in [2.05, 4.69) is 6.92 Å². The molecule has 0 aliphatic heterocycles. The first-order valence-corrected chi connectivity index (χ1v) is 9.00. The third-order valence-electron chi connectivity index (χ3n) is 3.47. The Morgan fingerprint density at radius 2 is 1.95 bits per heavy atom. The Morgan fingerprint density at radius 3 is 2.52 bits per heavy atom. The molecular formula is C16H27NO3S. The number of benzene rings is 1. The number of rotatable bonds is 7. The molecule has 21 heavy (non-hydrogen) atoms.